The second-order valence-electron chi connectivity index (χ2n) is 8.20. The van der Waals surface area contributed by atoms with Crippen LogP contribution in [-0.2, 0) is 16.6 Å². The van der Waals surface area contributed by atoms with Crippen molar-refractivity contribution in [1.82, 2.24) is 15.2 Å². The summed E-state index contributed by atoms with van der Waals surface area (Å²) in [6.07, 6.45) is 0.563. The first-order chi connectivity index (χ1) is 15.0. The van der Waals surface area contributed by atoms with Crippen LogP contribution in [0.4, 0.5) is 0 Å². The molecule has 0 spiro atoms. The molecule has 0 saturated carbocycles. The molecule has 0 aliphatic heterocycles. The van der Waals surface area contributed by atoms with Gasteiger partial charge in [-0.2, -0.15) is 11.3 Å². The largest absolute Gasteiger partial charge is 0.353 e. The molecule has 0 aliphatic rings. The number of rotatable bonds is 8. The lowest BCUT2D eigenvalue weighted by Crippen LogP contribution is -2.46. The van der Waals surface area contributed by atoms with Crippen LogP contribution >= 0.6 is 22.7 Å². The Kier molecular flexibility index (Phi) is 6.51. The van der Waals surface area contributed by atoms with Crippen LogP contribution in [0.2, 0.25) is 0 Å². The number of likely N-dealkylation sites (N-methyl/N-ethyl adjacent to an activating group) is 1. The predicted octanol–water partition coefficient (Wildman–Crippen LogP) is 5.28. The maximum absolute atomic E-state index is 13.6. The quantitative estimate of drug-likeness (QED) is 0.398. The molecule has 4 nitrogen and oxygen atoms in total. The summed E-state index contributed by atoms with van der Waals surface area (Å²) in [4.78, 5) is 20.6. The van der Waals surface area contributed by atoms with Crippen LogP contribution in [0.3, 0.4) is 0 Å². The zero-order valence-electron chi connectivity index (χ0n) is 18.0. The molecule has 0 radical (unpaired) electrons. The zero-order valence-corrected chi connectivity index (χ0v) is 19.7. The van der Waals surface area contributed by atoms with Crippen LogP contribution in [0.15, 0.2) is 71.4 Å². The van der Waals surface area contributed by atoms with Crippen molar-refractivity contribution in [2.45, 2.75) is 24.8 Å². The van der Waals surface area contributed by atoms with E-state index in [4.69, 9.17) is 4.98 Å². The van der Waals surface area contributed by atoms with Crippen molar-refractivity contribution in [1.29, 1.82) is 0 Å². The third-order valence-electron chi connectivity index (χ3n) is 5.76. The lowest BCUT2D eigenvalue weighted by atomic mass is 9.78. The Morgan fingerprint density at radius 1 is 1.10 bits per heavy atom. The van der Waals surface area contributed by atoms with Crippen LogP contribution in [0, 0.1) is 0 Å². The third kappa shape index (κ3) is 4.71. The summed E-state index contributed by atoms with van der Waals surface area (Å²) in [6.45, 7) is 2.59. The fourth-order valence-corrected chi connectivity index (χ4v) is 5.70. The maximum Gasteiger partial charge on any atom is 0.230 e. The predicted molar refractivity (Wildman–Crippen MR) is 131 cm³/mol. The molecule has 2 heterocycles. The highest BCUT2D eigenvalue weighted by atomic mass is 32.1. The second kappa shape index (κ2) is 9.30. The minimum atomic E-state index is -0.708. The monoisotopic (exact) mass is 449 g/mol. The van der Waals surface area contributed by atoms with E-state index in [0.29, 0.717) is 13.0 Å². The number of thiazole rings is 1. The summed E-state index contributed by atoms with van der Waals surface area (Å²) in [5.41, 5.74) is 2.51. The van der Waals surface area contributed by atoms with Crippen molar-refractivity contribution in [2.75, 3.05) is 20.6 Å². The van der Waals surface area contributed by atoms with Crippen LogP contribution in [0.1, 0.15) is 29.1 Å². The molecule has 0 bridgehead atoms. The lowest BCUT2D eigenvalue weighted by Gasteiger charge is -2.30. The van der Waals surface area contributed by atoms with E-state index >= 15 is 0 Å². The summed E-state index contributed by atoms with van der Waals surface area (Å²) in [6, 6.07) is 20.4. The van der Waals surface area contributed by atoms with E-state index in [1.807, 2.05) is 69.6 Å². The number of benzene rings is 2. The van der Waals surface area contributed by atoms with E-state index < -0.39 is 5.41 Å². The molecule has 1 amide bonds. The van der Waals surface area contributed by atoms with Crippen molar-refractivity contribution in [2.24, 2.45) is 0 Å². The van der Waals surface area contributed by atoms with Gasteiger partial charge in [-0.15, -0.1) is 11.3 Å². The molecular formula is C25H27N3OS2. The molecule has 0 aliphatic carbocycles. The van der Waals surface area contributed by atoms with Crippen molar-refractivity contribution in [3.8, 4) is 0 Å². The Morgan fingerprint density at radius 2 is 1.84 bits per heavy atom. The van der Waals surface area contributed by atoms with Gasteiger partial charge in [0.25, 0.3) is 0 Å². The number of aromatic nitrogens is 1. The Labute approximate surface area is 191 Å². The normalized spacial score (nSPS) is 14.5. The standard InChI is InChI=1S/C25H27N3OS2/c1-25(19-9-5-4-6-10-19,15-23-27-20-11-7-8-12-22(20)31-23)24(29)26-16-21(28(2)3)18-13-14-30-17-18/h4-14,17,21H,15-16H2,1-3H3,(H,26,29)/t21-,25-/m1/s1. The van der Waals surface area contributed by atoms with Gasteiger partial charge in [-0.1, -0.05) is 42.5 Å². The first-order valence-electron chi connectivity index (χ1n) is 10.3. The molecule has 160 valence electrons. The molecule has 1 N–H and O–H groups in total. The van der Waals surface area contributed by atoms with Crippen LogP contribution in [0.5, 0.6) is 0 Å². The summed E-state index contributed by atoms with van der Waals surface area (Å²) in [5, 5.41) is 8.45. The van der Waals surface area contributed by atoms with Gasteiger partial charge in [0.15, 0.2) is 0 Å². The molecule has 2 aromatic heterocycles. The number of hydrogen-bond donors (Lipinski definition) is 1. The Balaban J connectivity index is 1.60. The van der Waals surface area contributed by atoms with Gasteiger partial charge < -0.3 is 10.2 Å². The van der Waals surface area contributed by atoms with E-state index in [-0.39, 0.29) is 11.9 Å². The van der Waals surface area contributed by atoms with Gasteiger partial charge in [0.05, 0.1) is 26.7 Å². The van der Waals surface area contributed by atoms with Crippen molar-refractivity contribution >= 4 is 38.8 Å². The molecule has 4 rings (SSSR count). The number of amides is 1. The van der Waals surface area contributed by atoms with Gasteiger partial charge in [0.2, 0.25) is 5.91 Å². The van der Waals surface area contributed by atoms with Gasteiger partial charge in [-0.25, -0.2) is 4.98 Å². The van der Waals surface area contributed by atoms with Crippen molar-refractivity contribution in [3.63, 3.8) is 0 Å². The molecule has 31 heavy (non-hydrogen) atoms. The maximum atomic E-state index is 13.6. The number of nitrogens with one attached hydrogen (secondary N) is 1. The number of carbonyl (C=O) groups excluding carboxylic acids is 1. The zero-order chi connectivity index (χ0) is 21.8. The summed E-state index contributed by atoms with van der Waals surface area (Å²) in [5.74, 6) is 0.0278. The fraction of sp³-hybridized carbons (Fsp3) is 0.280. The number of thiophene rings is 1. The first kappa shape index (κ1) is 21.7. The van der Waals surface area contributed by atoms with Gasteiger partial charge >= 0.3 is 0 Å². The first-order valence-corrected chi connectivity index (χ1v) is 12.1. The summed E-state index contributed by atoms with van der Waals surface area (Å²) in [7, 11) is 4.10. The highest BCUT2D eigenvalue weighted by Crippen LogP contribution is 2.32. The average molecular weight is 450 g/mol. The fourth-order valence-electron chi connectivity index (χ4n) is 3.87. The van der Waals surface area contributed by atoms with Crippen LogP contribution in [-0.4, -0.2) is 36.4 Å². The van der Waals surface area contributed by atoms with Crippen molar-refractivity contribution in [3.05, 3.63) is 87.6 Å². The summed E-state index contributed by atoms with van der Waals surface area (Å²) >= 11 is 3.35. The summed E-state index contributed by atoms with van der Waals surface area (Å²) < 4.78 is 1.15. The van der Waals surface area contributed by atoms with Crippen LogP contribution < -0.4 is 5.32 Å². The van der Waals surface area contributed by atoms with E-state index in [1.165, 1.54) is 5.56 Å². The van der Waals surface area contributed by atoms with E-state index in [2.05, 4.69) is 33.1 Å². The average Bonchev–Trinajstić information content (AvgIpc) is 3.43. The minimum Gasteiger partial charge on any atom is -0.353 e. The van der Waals surface area contributed by atoms with Gasteiger partial charge in [-0.05, 0) is 61.1 Å². The third-order valence-corrected chi connectivity index (χ3v) is 7.50. The molecule has 4 aromatic rings. The van der Waals surface area contributed by atoms with Gasteiger partial charge in [0.1, 0.15) is 0 Å². The number of carbonyl (C=O) groups is 1. The number of fused-ring (bicyclic) bond motifs is 1. The minimum absolute atomic E-state index is 0.0278. The van der Waals surface area contributed by atoms with Crippen LogP contribution in [0.25, 0.3) is 10.2 Å². The lowest BCUT2D eigenvalue weighted by molar-refractivity contribution is -0.126. The smallest absolute Gasteiger partial charge is 0.230 e. The topological polar surface area (TPSA) is 45.2 Å². The Hall–Kier alpha value is -2.54. The van der Waals surface area contributed by atoms with Gasteiger partial charge in [-0.3, -0.25) is 4.79 Å². The van der Waals surface area contributed by atoms with Gasteiger partial charge in [0, 0.05) is 13.0 Å². The molecule has 6 heteroatoms. The van der Waals surface area contributed by atoms with E-state index in [0.717, 1.165) is 20.8 Å². The van der Waals surface area contributed by atoms with E-state index in [9.17, 15) is 4.79 Å². The Bertz CT molecular complexity index is 1110. The SMILES string of the molecule is CN(C)[C@H](CNC(=O)[C@](C)(Cc1nc2ccccc2s1)c1ccccc1)c1ccsc1. The molecule has 0 unspecified atom stereocenters. The van der Waals surface area contributed by atoms with E-state index in [1.54, 1.807) is 22.7 Å². The highest BCUT2D eigenvalue weighted by Gasteiger charge is 2.37. The number of nitrogens with zero attached hydrogens (tertiary/aromatic N) is 2. The second-order valence-corrected chi connectivity index (χ2v) is 10.1. The number of para-hydroxylation sites is 1. The molecule has 0 saturated heterocycles. The number of hydrogen-bond acceptors (Lipinski definition) is 5. The molecule has 2 atom stereocenters. The van der Waals surface area contributed by atoms with Crippen molar-refractivity contribution < 1.29 is 4.79 Å². The molecule has 0 fully saturated rings. The Morgan fingerprint density at radius 3 is 2.52 bits per heavy atom. The molecular weight excluding hydrogens is 422 g/mol. The molecule has 2 aromatic carbocycles. The highest BCUT2D eigenvalue weighted by molar-refractivity contribution is 7.18.